The third-order valence-electron chi connectivity index (χ3n) is 4.52. The number of aromatic nitrogens is 2. The molecule has 0 radical (unpaired) electrons. The first-order chi connectivity index (χ1) is 10.4. The fourth-order valence-electron chi connectivity index (χ4n) is 3.36. The largest absolute Gasteiger partial charge is 0.348 e. The van der Waals surface area contributed by atoms with Gasteiger partial charge in [0.25, 0.3) is 5.91 Å². The average molecular weight is 326 g/mol. The van der Waals surface area contributed by atoms with E-state index in [4.69, 9.17) is 0 Å². The second-order valence-electron chi connectivity index (χ2n) is 6.18. The van der Waals surface area contributed by atoms with E-state index < -0.39 is 10.0 Å². The van der Waals surface area contributed by atoms with Crippen LogP contribution in [0.1, 0.15) is 55.0 Å². The minimum Gasteiger partial charge on any atom is -0.348 e. The number of nitrogens with zero attached hydrogens (tertiary/aromatic N) is 3. The molecule has 3 rings (SSSR count). The molecule has 0 aromatic carbocycles. The van der Waals surface area contributed by atoms with Crippen LogP contribution in [0.5, 0.6) is 0 Å². The predicted molar refractivity (Wildman–Crippen MR) is 81.9 cm³/mol. The molecule has 1 saturated carbocycles. The van der Waals surface area contributed by atoms with Crippen molar-refractivity contribution in [1.29, 1.82) is 0 Å². The van der Waals surface area contributed by atoms with Crippen LogP contribution in [0.15, 0.2) is 6.20 Å². The Hall–Kier alpha value is -1.41. The van der Waals surface area contributed by atoms with Crippen molar-refractivity contribution in [3.8, 4) is 0 Å². The second kappa shape index (κ2) is 5.66. The lowest BCUT2D eigenvalue weighted by Crippen LogP contribution is -2.40. The molecule has 1 N–H and O–H groups in total. The van der Waals surface area contributed by atoms with E-state index in [1.54, 1.807) is 13.1 Å². The van der Waals surface area contributed by atoms with Crippen LogP contribution in [-0.2, 0) is 16.6 Å². The zero-order chi connectivity index (χ0) is 15.9. The third kappa shape index (κ3) is 2.89. The van der Waals surface area contributed by atoms with Crippen LogP contribution in [0, 0.1) is 0 Å². The van der Waals surface area contributed by atoms with Crippen molar-refractivity contribution < 1.29 is 13.2 Å². The molecule has 22 heavy (non-hydrogen) atoms. The van der Waals surface area contributed by atoms with E-state index in [-0.39, 0.29) is 18.0 Å². The molecule has 1 aromatic heterocycles. The fraction of sp³-hybridized carbons (Fsp3) is 0.714. The fourth-order valence-corrected chi connectivity index (χ4v) is 4.45. The van der Waals surface area contributed by atoms with Gasteiger partial charge in [-0.25, -0.2) is 13.4 Å². The minimum absolute atomic E-state index is 0.160. The van der Waals surface area contributed by atoms with Crippen LogP contribution in [0.4, 0.5) is 0 Å². The Labute approximate surface area is 130 Å². The molecule has 0 spiro atoms. The SMILES string of the molecule is CC1c2nc(C(=O)NC3CCCC3)cn2CCN1S(C)(=O)=O. The summed E-state index contributed by atoms with van der Waals surface area (Å²) in [5.74, 6) is 0.472. The van der Waals surface area contributed by atoms with Crippen molar-refractivity contribution in [1.82, 2.24) is 19.2 Å². The molecule has 2 heterocycles. The summed E-state index contributed by atoms with van der Waals surface area (Å²) >= 11 is 0. The van der Waals surface area contributed by atoms with Crippen molar-refractivity contribution in [2.75, 3.05) is 12.8 Å². The number of amides is 1. The third-order valence-corrected chi connectivity index (χ3v) is 5.87. The summed E-state index contributed by atoms with van der Waals surface area (Å²) in [6.45, 7) is 2.74. The van der Waals surface area contributed by atoms with Crippen molar-refractivity contribution in [3.05, 3.63) is 17.7 Å². The van der Waals surface area contributed by atoms with E-state index in [9.17, 15) is 13.2 Å². The predicted octanol–water partition coefficient (Wildman–Crippen LogP) is 0.892. The van der Waals surface area contributed by atoms with Crippen LogP contribution in [0.3, 0.4) is 0 Å². The molecule has 1 fully saturated rings. The van der Waals surface area contributed by atoms with Gasteiger partial charge in [-0.3, -0.25) is 4.79 Å². The molecule has 2 aliphatic rings. The molecule has 8 heteroatoms. The molecular weight excluding hydrogens is 304 g/mol. The number of imidazole rings is 1. The number of hydrogen-bond acceptors (Lipinski definition) is 4. The molecule has 0 saturated heterocycles. The van der Waals surface area contributed by atoms with Gasteiger partial charge < -0.3 is 9.88 Å². The van der Waals surface area contributed by atoms with E-state index in [2.05, 4.69) is 10.3 Å². The first kappa shape index (κ1) is 15.5. The molecular formula is C14H22N4O3S. The summed E-state index contributed by atoms with van der Waals surface area (Å²) in [5, 5.41) is 3.01. The van der Waals surface area contributed by atoms with Gasteiger partial charge in [0.05, 0.1) is 12.3 Å². The lowest BCUT2D eigenvalue weighted by Gasteiger charge is -2.31. The molecule has 7 nitrogen and oxygen atoms in total. The highest BCUT2D eigenvalue weighted by Gasteiger charge is 2.32. The first-order valence-electron chi connectivity index (χ1n) is 7.71. The molecule has 1 unspecified atom stereocenters. The maximum atomic E-state index is 12.3. The van der Waals surface area contributed by atoms with Crippen molar-refractivity contribution >= 4 is 15.9 Å². The summed E-state index contributed by atoms with van der Waals surface area (Å²) in [6, 6.07) is -0.104. The Balaban J connectivity index is 1.79. The monoisotopic (exact) mass is 326 g/mol. The van der Waals surface area contributed by atoms with Crippen molar-refractivity contribution in [3.63, 3.8) is 0 Å². The lowest BCUT2D eigenvalue weighted by molar-refractivity contribution is 0.0933. The number of rotatable bonds is 3. The summed E-state index contributed by atoms with van der Waals surface area (Å²) in [7, 11) is -3.27. The highest BCUT2D eigenvalue weighted by Crippen LogP contribution is 2.26. The van der Waals surface area contributed by atoms with Crippen LogP contribution in [0.25, 0.3) is 0 Å². The zero-order valence-electron chi connectivity index (χ0n) is 12.9. The molecule has 0 bridgehead atoms. The smallest absolute Gasteiger partial charge is 0.271 e. The zero-order valence-corrected chi connectivity index (χ0v) is 13.8. The first-order valence-corrected chi connectivity index (χ1v) is 9.56. The Morgan fingerprint density at radius 2 is 2.00 bits per heavy atom. The lowest BCUT2D eigenvalue weighted by atomic mass is 10.2. The van der Waals surface area contributed by atoms with E-state index >= 15 is 0 Å². The number of sulfonamides is 1. The van der Waals surface area contributed by atoms with Gasteiger partial charge in [-0.15, -0.1) is 0 Å². The van der Waals surface area contributed by atoms with Gasteiger partial charge in [0, 0.05) is 25.3 Å². The summed E-state index contributed by atoms with van der Waals surface area (Å²) in [6.07, 6.45) is 7.30. The van der Waals surface area contributed by atoms with Crippen LogP contribution < -0.4 is 5.32 Å². The molecule has 1 amide bonds. The summed E-state index contributed by atoms with van der Waals surface area (Å²) < 4.78 is 26.9. The number of carbonyl (C=O) groups excluding carboxylic acids is 1. The topological polar surface area (TPSA) is 84.3 Å². The highest BCUT2D eigenvalue weighted by molar-refractivity contribution is 7.88. The summed E-state index contributed by atoms with van der Waals surface area (Å²) in [4.78, 5) is 16.7. The number of fused-ring (bicyclic) bond motifs is 1. The molecule has 1 aliphatic carbocycles. The van der Waals surface area contributed by atoms with Gasteiger partial charge in [0.1, 0.15) is 11.5 Å². The molecule has 1 aromatic rings. The van der Waals surface area contributed by atoms with Crippen molar-refractivity contribution in [2.45, 2.75) is 51.2 Å². The van der Waals surface area contributed by atoms with Crippen LogP contribution in [-0.4, -0.2) is 47.0 Å². The Morgan fingerprint density at radius 3 is 2.64 bits per heavy atom. The quantitative estimate of drug-likeness (QED) is 0.894. The standard InChI is InChI=1S/C14H22N4O3S/c1-10-13-16-12(14(19)15-11-5-3-4-6-11)9-17(13)7-8-18(10)22(2,20)21/h9-11H,3-8H2,1-2H3,(H,15,19). The Kier molecular flexibility index (Phi) is 3.98. The molecule has 1 aliphatic heterocycles. The Morgan fingerprint density at radius 1 is 1.32 bits per heavy atom. The minimum atomic E-state index is -3.27. The van der Waals surface area contributed by atoms with Crippen LogP contribution >= 0.6 is 0 Å². The molecule has 122 valence electrons. The van der Waals surface area contributed by atoms with E-state index in [1.165, 1.54) is 10.6 Å². The van der Waals surface area contributed by atoms with Gasteiger partial charge in [-0.2, -0.15) is 4.31 Å². The van der Waals surface area contributed by atoms with E-state index in [0.717, 1.165) is 25.7 Å². The number of carbonyl (C=O) groups is 1. The summed E-state index contributed by atoms with van der Waals surface area (Å²) in [5.41, 5.74) is 0.379. The number of nitrogens with one attached hydrogen (secondary N) is 1. The Bertz CT molecular complexity index is 676. The normalized spacial score (nSPS) is 23.5. The van der Waals surface area contributed by atoms with Gasteiger partial charge in [-0.1, -0.05) is 12.8 Å². The van der Waals surface area contributed by atoms with Gasteiger partial charge in [0.2, 0.25) is 10.0 Å². The van der Waals surface area contributed by atoms with Gasteiger partial charge >= 0.3 is 0 Å². The average Bonchev–Trinajstić information content (AvgIpc) is 3.06. The van der Waals surface area contributed by atoms with E-state index in [0.29, 0.717) is 24.6 Å². The van der Waals surface area contributed by atoms with Crippen molar-refractivity contribution in [2.24, 2.45) is 0 Å². The van der Waals surface area contributed by atoms with E-state index in [1.807, 2.05) is 4.57 Å². The maximum absolute atomic E-state index is 12.3. The number of hydrogen-bond donors (Lipinski definition) is 1. The maximum Gasteiger partial charge on any atom is 0.271 e. The molecule has 1 atom stereocenters. The van der Waals surface area contributed by atoms with Gasteiger partial charge in [0.15, 0.2) is 0 Å². The second-order valence-corrected chi connectivity index (χ2v) is 8.12. The van der Waals surface area contributed by atoms with Crippen LogP contribution in [0.2, 0.25) is 0 Å². The highest BCUT2D eigenvalue weighted by atomic mass is 32.2. The van der Waals surface area contributed by atoms with Gasteiger partial charge in [-0.05, 0) is 19.8 Å².